The van der Waals surface area contributed by atoms with Crippen LogP contribution in [0, 0.1) is 0 Å². The van der Waals surface area contributed by atoms with E-state index in [4.69, 9.17) is 9.47 Å². The molecule has 0 saturated carbocycles. The lowest BCUT2D eigenvalue weighted by atomic mass is 10.2. The highest BCUT2D eigenvalue weighted by atomic mass is 79.9. The lowest BCUT2D eigenvalue weighted by molar-refractivity contribution is 0.102. The number of nitrogens with one attached hydrogen (secondary N) is 1. The van der Waals surface area contributed by atoms with E-state index < -0.39 is 0 Å². The SMILES string of the molecule is CCOc1c(Br)cc(C(=O)Nc2nnc(Cc3ccccc3)s2)cc1OC. The molecular formula is C19H18BrN3O3S. The van der Waals surface area contributed by atoms with Crippen LogP contribution in [0.25, 0.3) is 0 Å². The molecule has 1 heterocycles. The summed E-state index contributed by atoms with van der Waals surface area (Å²) in [5.41, 5.74) is 1.58. The summed E-state index contributed by atoms with van der Waals surface area (Å²) in [6.07, 6.45) is 0.677. The number of rotatable bonds is 7. The molecule has 0 unspecified atom stereocenters. The maximum atomic E-state index is 12.6. The molecule has 0 bridgehead atoms. The van der Waals surface area contributed by atoms with Gasteiger partial charge in [-0.15, -0.1) is 10.2 Å². The molecule has 0 atom stereocenters. The molecule has 2 aromatic carbocycles. The van der Waals surface area contributed by atoms with Crippen LogP contribution >= 0.6 is 27.3 Å². The van der Waals surface area contributed by atoms with Gasteiger partial charge in [-0.25, -0.2) is 0 Å². The summed E-state index contributed by atoms with van der Waals surface area (Å²) < 4.78 is 11.5. The van der Waals surface area contributed by atoms with E-state index in [-0.39, 0.29) is 5.91 Å². The molecule has 3 rings (SSSR count). The molecule has 0 fully saturated rings. The first-order valence-electron chi connectivity index (χ1n) is 8.28. The van der Waals surface area contributed by atoms with Crippen molar-refractivity contribution >= 4 is 38.3 Å². The van der Waals surface area contributed by atoms with E-state index in [0.717, 1.165) is 10.6 Å². The zero-order valence-corrected chi connectivity index (χ0v) is 17.3. The van der Waals surface area contributed by atoms with E-state index in [1.54, 1.807) is 12.1 Å². The maximum Gasteiger partial charge on any atom is 0.257 e. The molecule has 0 saturated heterocycles. The minimum absolute atomic E-state index is 0.292. The number of amides is 1. The molecule has 6 nitrogen and oxygen atoms in total. The Labute approximate surface area is 169 Å². The highest BCUT2D eigenvalue weighted by Gasteiger charge is 2.17. The van der Waals surface area contributed by atoms with Crippen LogP contribution in [0.2, 0.25) is 0 Å². The van der Waals surface area contributed by atoms with Gasteiger partial charge in [0, 0.05) is 12.0 Å². The van der Waals surface area contributed by atoms with E-state index in [1.165, 1.54) is 18.4 Å². The van der Waals surface area contributed by atoms with Crippen molar-refractivity contribution in [2.24, 2.45) is 0 Å². The Morgan fingerprint density at radius 2 is 2.00 bits per heavy atom. The number of carbonyl (C=O) groups excluding carboxylic acids is 1. The summed E-state index contributed by atoms with van der Waals surface area (Å²) in [6, 6.07) is 13.3. The van der Waals surface area contributed by atoms with Gasteiger partial charge in [-0.2, -0.15) is 0 Å². The summed E-state index contributed by atoms with van der Waals surface area (Å²) in [5.74, 6) is 0.760. The monoisotopic (exact) mass is 447 g/mol. The molecule has 0 aliphatic rings. The van der Waals surface area contributed by atoms with Gasteiger partial charge in [-0.05, 0) is 40.5 Å². The van der Waals surface area contributed by atoms with Gasteiger partial charge < -0.3 is 9.47 Å². The van der Waals surface area contributed by atoms with E-state index in [1.807, 2.05) is 37.3 Å². The van der Waals surface area contributed by atoms with Crippen molar-refractivity contribution in [3.05, 3.63) is 63.1 Å². The average molecular weight is 448 g/mol. The summed E-state index contributed by atoms with van der Waals surface area (Å²) in [7, 11) is 1.53. The molecule has 8 heteroatoms. The first kappa shape index (κ1) is 19.3. The van der Waals surface area contributed by atoms with Gasteiger partial charge in [0.2, 0.25) is 5.13 Å². The quantitative estimate of drug-likeness (QED) is 0.574. The Bertz CT molecular complexity index is 931. The van der Waals surface area contributed by atoms with Crippen LogP contribution in [0.5, 0.6) is 11.5 Å². The van der Waals surface area contributed by atoms with Crippen LogP contribution in [0.4, 0.5) is 5.13 Å². The zero-order valence-electron chi connectivity index (χ0n) is 14.9. The van der Waals surface area contributed by atoms with Gasteiger partial charge in [0.1, 0.15) is 5.01 Å². The number of anilines is 1. The number of halogens is 1. The smallest absolute Gasteiger partial charge is 0.257 e. The molecular weight excluding hydrogens is 430 g/mol. The number of aromatic nitrogens is 2. The van der Waals surface area contributed by atoms with Crippen LogP contribution in [-0.2, 0) is 6.42 Å². The van der Waals surface area contributed by atoms with Crippen molar-refractivity contribution < 1.29 is 14.3 Å². The minimum atomic E-state index is -0.292. The average Bonchev–Trinajstić information content (AvgIpc) is 3.10. The lowest BCUT2D eigenvalue weighted by Crippen LogP contribution is -2.12. The second-order valence-corrected chi connectivity index (χ2v) is 7.46. The molecule has 0 spiro atoms. The molecule has 1 amide bonds. The van der Waals surface area contributed by atoms with Gasteiger partial charge in [0.05, 0.1) is 18.2 Å². The molecule has 0 radical (unpaired) electrons. The Morgan fingerprint density at radius 3 is 2.70 bits per heavy atom. The second kappa shape index (κ2) is 8.96. The van der Waals surface area contributed by atoms with Crippen molar-refractivity contribution in [2.75, 3.05) is 19.0 Å². The Balaban J connectivity index is 1.73. The van der Waals surface area contributed by atoms with E-state index in [0.29, 0.717) is 39.7 Å². The normalized spacial score (nSPS) is 10.5. The number of ether oxygens (including phenoxy) is 2. The lowest BCUT2D eigenvalue weighted by Gasteiger charge is -2.12. The standard InChI is InChI=1S/C19H18BrN3O3S/c1-3-26-17-14(20)10-13(11-15(17)25-2)18(24)21-19-23-22-16(27-19)9-12-7-5-4-6-8-12/h4-8,10-11H,3,9H2,1-2H3,(H,21,23,24). The molecule has 27 heavy (non-hydrogen) atoms. The minimum Gasteiger partial charge on any atom is -0.493 e. The fourth-order valence-electron chi connectivity index (χ4n) is 2.45. The molecule has 140 valence electrons. The number of carbonyl (C=O) groups is 1. The number of nitrogens with zero attached hydrogens (tertiary/aromatic N) is 2. The predicted octanol–water partition coefficient (Wildman–Crippen LogP) is 4.55. The number of methoxy groups -OCH3 is 1. The van der Waals surface area contributed by atoms with Crippen molar-refractivity contribution in [3.63, 3.8) is 0 Å². The third-order valence-corrected chi connectivity index (χ3v) is 5.09. The molecule has 1 aromatic heterocycles. The molecule has 3 aromatic rings. The fourth-order valence-corrected chi connectivity index (χ4v) is 3.78. The molecule has 0 aliphatic heterocycles. The summed E-state index contributed by atoms with van der Waals surface area (Å²) in [5, 5.41) is 12.3. The maximum absolute atomic E-state index is 12.6. The Hall–Kier alpha value is -2.45. The zero-order chi connectivity index (χ0) is 19.2. The fraction of sp³-hybridized carbons (Fsp3) is 0.211. The Kier molecular flexibility index (Phi) is 6.41. The first-order chi connectivity index (χ1) is 13.1. The number of hydrogen-bond donors (Lipinski definition) is 1. The summed E-state index contributed by atoms with van der Waals surface area (Å²) in [6.45, 7) is 2.38. The predicted molar refractivity (Wildman–Crippen MR) is 109 cm³/mol. The van der Waals surface area contributed by atoms with Crippen LogP contribution in [0.1, 0.15) is 27.9 Å². The van der Waals surface area contributed by atoms with Crippen molar-refractivity contribution in [1.29, 1.82) is 0 Å². The van der Waals surface area contributed by atoms with E-state index in [2.05, 4.69) is 31.4 Å². The largest absolute Gasteiger partial charge is 0.493 e. The van der Waals surface area contributed by atoms with Crippen molar-refractivity contribution in [1.82, 2.24) is 10.2 Å². The van der Waals surface area contributed by atoms with Gasteiger partial charge in [-0.3, -0.25) is 10.1 Å². The van der Waals surface area contributed by atoms with Crippen molar-refractivity contribution in [3.8, 4) is 11.5 Å². The third kappa shape index (κ3) is 4.84. The second-order valence-electron chi connectivity index (χ2n) is 5.54. The third-order valence-electron chi connectivity index (χ3n) is 3.67. The van der Waals surface area contributed by atoms with Crippen LogP contribution in [0.15, 0.2) is 46.9 Å². The van der Waals surface area contributed by atoms with Gasteiger partial charge in [0.15, 0.2) is 11.5 Å². The summed E-state index contributed by atoms with van der Waals surface area (Å²) >= 11 is 4.78. The van der Waals surface area contributed by atoms with Gasteiger partial charge in [0.25, 0.3) is 5.91 Å². The molecule has 0 aliphatic carbocycles. The number of benzene rings is 2. The highest BCUT2D eigenvalue weighted by molar-refractivity contribution is 9.10. The number of hydrogen-bond acceptors (Lipinski definition) is 6. The van der Waals surface area contributed by atoms with E-state index >= 15 is 0 Å². The van der Waals surface area contributed by atoms with Crippen LogP contribution < -0.4 is 14.8 Å². The van der Waals surface area contributed by atoms with Gasteiger partial charge in [-0.1, -0.05) is 41.7 Å². The topological polar surface area (TPSA) is 73.3 Å². The van der Waals surface area contributed by atoms with Crippen molar-refractivity contribution in [2.45, 2.75) is 13.3 Å². The van der Waals surface area contributed by atoms with Crippen LogP contribution in [-0.4, -0.2) is 29.8 Å². The highest BCUT2D eigenvalue weighted by Crippen LogP contribution is 2.36. The molecule has 1 N–H and O–H groups in total. The summed E-state index contributed by atoms with van der Waals surface area (Å²) in [4.78, 5) is 12.6. The first-order valence-corrected chi connectivity index (χ1v) is 9.89. The van der Waals surface area contributed by atoms with E-state index in [9.17, 15) is 4.79 Å². The Morgan fingerprint density at radius 1 is 1.22 bits per heavy atom. The van der Waals surface area contributed by atoms with Gasteiger partial charge >= 0.3 is 0 Å². The van der Waals surface area contributed by atoms with Crippen LogP contribution in [0.3, 0.4) is 0 Å².